The van der Waals surface area contributed by atoms with Crippen LogP contribution < -0.4 is 9.64 Å². The summed E-state index contributed by atoms with van der Waals surface area (Å²) in [6, 6.07) is 23.8. The molecule has 2 fully saturated rings. The van der Waals surface area contributed by atoms with E-state index >= 15 is 0 Å². The zero-order chi connectivity index (χ0) is 30.8. The fourth-order valence-electron chi connectivity index (χ4n) is 5.85. The van der Waals surface area contributed by atoms with Gasteiger partial charge in [-0.1, -0.05) is 30.3 Å². The van der Waals surface area contributed by atoms with Gasteiger partial charge in [0, 0.05) is 48.8 Å². The number of nitrogens with zero attached hydrogens (tertiary/aromatic N) is 5. The van der Waals surface area contributed by atoms with Gasteiger partial charge in [-0.25, -0.2) is 17.4 Å². The molecule has 0 amide bonds. The van der Waals surface area contributed by atoms with E-state index in [0.717, 1.165) is 37.2 Å². The van der Waals surface area contributed by atoms with Gasteiger partial charge in [0.15, 0.2) is 11.4 Å². The number of morpholine rings is 1. The minimum Gasteiger partial charge on any atom is -0.487 e. The molecule has 2 aliphatic rings. The third-order valence-electron chi connectivity index (χ3n) is 8.21. The average molecular weight is 622 g/mol. The van der Waals surface area contributed by atoms with Crippen LogP contribution in [0.5, 0.6) is 5.75 Å². The molecule has 45 heavy (non-hydrogen) atoms. The van der Waals surface area contributed by atoms with E-state index in [1.165, 1.54) is 3.97 Å². The van der Waals surface area contributed by atoms with Crippen LogP contribution in [0.15, 0.2) is 90.1 Å². The van der Waals surface area contributed by atoms with E-state index in [4.69, 9.17) is 14.2 Å². The zero-order valence-electron chi connectivity index (χ0n) is 24.5. The summed E-state index contributed by atoms with van der Waals surface area (Å²) in [5.41, 5.74) is 4.04. The van der Waals surface area contributed by atoms with Gasteiger partial charge in [0.2, 0.25) is 0 Å². The summed E-state index contributed by atoms with van der Waals surface area (Å²) in [7, 11) is -4.04. The first-order valence-corrected chi connectivity index (χ1v) is 16.4. The lowest BCUT2D eigenvalue weighted by molar-refractivity contribution is 0.0253. The van der Waals surface area contributed by atoms with Crippen LogP contribution in [0.3, 0.4) is 0 Å². The minimum absolute atomic E-state index is 0.0412. The molecule has 0 bridgehead atoms. The second-order valence-electron chi connectivity index (χ2n) is 11.0. The molecule has 7 rings (SSSR count). The Morgan fingerprint density at radius 2 is 1.62 bits per heavy atom. The second-order valence-corrected chi connectivity index (χ2v) is 12.7. The summed E-state index contributed by atoms with van der Waals surface area (Å²) in [6.45, 7) is 4.17. The normalized spacial score (nSPS) is 16.0. The Morgan fingerprint density at radius 1 is 0.889 bits per heavy atom. The topological polar surface area (TPSA) is 120 Å². The number of benzene rings is 2. The maximum Gasteiger partial charge on any atom is 0.269 e. The van der Waals surface area contributed by atoms with Gasteiger partial charge in [-0.2, -0.15) is 5.26 Å². The van der Waals surface area contributed by atoms with Crippen molar-refractivity contribution in [3.8, 4) is 34.3 Å². The van der Waals surface area contributed by atoms with Crippen LogP contribution in [0.4, 0.5) is 5.69 Å². The van der Waals surface area contributed by atoms with Crippen molar-refractivity contribution in [2.75, 3.05) is 44.4 Å². The first-order valence-electron chi connectivity index (χ1n) is 14.9. The summed E-state index contributed by atoms with van der Waals surface area (Å²) < 4.78 is 46.8. The first-order chi connectivity index (χ1) is 22.0. The summed E-state index contributed by atoms with van der Waals surface area (Å²) in [6.07, 6.45) is 4.59. The lowest BCUT2D eigenvalue weighted by Gasteiger charge is -2.28. The lowest BCUT2D eigenvalue weighted by atomic mass is 10.1. The van der Waals surface area contributed by atoms with E-state index in [1.807, 2.05) is 30.3 Å². The summed E-state index contributed by atoms with van der Waals surface area (Å²) >= 11 is 0. The highest BCUT2D eigenvalue weighted by Crippen LogP contribution is 2.37. The van der Waals surface area contributed by atoms with Crippen LogP contribution in [-0.2, 0) is 19.5 Å². The lowest BCUT2D eigenvalue weighted by Crippen LogP contribution is -2.36. The van der Waals surface area contributed by atoms with Gasteiger partial charge in [0.25, 0.3) is 10.0 Å². The second kappa shape index (κ2) is 12.3. The highest BCUT2D eigenvalue weighted by molar-refractivity contribution is 7.90. The number of aromatic nitrogens is 3. The number of hydrogen-bond acceptors (Lipinski definition) is 9. The van der Waals surface area contributed by atoms with Crippen molar-refractivity contribution in [3.63, 3.8) is 0 Å². The maximum atomic E-state index is 14.2. The summed E-state index contributed by atoms with van der Waals surface area (Å²) in [5.74, 6) is 0.420. The van der Waals surface area contributed by atoms with Crippen molar-refractivity contribution in [2.24, 2.45) is 0 Å². The quantitative estimate of drug-likeness (QED) is 0.239. The Kier molecular flexibility index (Phi) is 7.94. The fourth-order valence-corrected chi connectivity index (χ4v) is 7.35. The molecule has 2 saturated heterocycles. The van der Waals surface area contributed by atoms with Gasteiger partial charge < -0.3 is 19.1 Å². The van der Waals surface area contributed by atoms with Crippen LogP contribution in [-0.4, -0.2) is 68.0 Å². The van der Waals surface area contributed by atoms with Gasteiger partial charge in [-0.05, 0) is 48.0 Å². The molecule has 3 aromatic heterocycles. The average Bonchev–Trinajstić information content (AvgIpc) is 3.51. The standard InChI is InChI=1S/C34H31N5O5S/c35-22-25-20-31(37-23-33(25)44-27-11-16-42-17-12-27)29-10-13-36-34-30(29)21-32(39(34)45(40,41)28-4-2-1-3-5-28)24-6-8-26(9-7-24)38-14-18-43-19-15-38/h1-10,13,20-21,23,27H,11-12,14-19H2. The number of nitriles is 1. The SMILES string of the molecule is N#Cc1cc(-c2ccnc3c2cc(-c2ccc(N4CCOCC4)cc2)n3S(=O)(=O)c2ccccc2)ncc1OC1CCOCC1. The van der Waals surface area contributed by atoms with Gasteiger partial charge in [-0.3, -0.25) is 4.98 Å². The number of anilines is 1. The van der Waals surface area contributed by atoms with Crippen molar-refractivity contribution in [1.82, 2.24) is 13.9 Å². The summed E-state index contributed by atoms with van der Waals surface area (Å²) in [4.78, 5) is 11.6. The van der Waals surface area contributed by atoms with Gasteiger partial charge in [0.1, 0.15) is 12.2 Å². The third-order valence-corrected chi connectivity index (χ3v) is 9.93. The number of ether oxygens (including phenoxy) is 3. The molecule has 0 aliphatic carbocycles. The highest BCUT2D eigenvalue weighted by Gasteiger charge is 2.27. The van der Waals surface area contributed by atoms with Crippen molar-refractivity contribution in [3.05, 3.63) is 90.8 Å². The highest BCUT2D eigenvalue weighted by atomic mass is 32.2. The Balaban J connectivity index is 1.35. The summed E-state index contributed by atoms with van der Waals surface area (Å²) in [5, 5.41) is 10.6. The Hall–Kier alpha value is -4.76. The molecule has 11 heteroatoms. The van der Waals surface area contributed by atoms with Crippen LogP contribution in [0.25, 0.3) is 33.5 Å². The van der Waals surface area contributed by atoms with Crippen LogP contribution in [0.1, 0.15) is 18.4 Å². The molecule has 0 atom stereocenters. The molecule has 10 nitrogen and oxygen atoms in total. The molecule has 0 saturated carbocycles. The third kappa shape index (κ3) is 5.64. The van der Waals surface area contributed by atoms with Crippen LogP contribution in [0.2, 0.25) is 0 Å². The minimum atomic E-state index is -4.04. The van der Waals surface area contributed by atoms with Gasteiger partial charge in [0.05, 0.1) is 54.5 Å². The van der Waals surface area contributed by atoms with E-state index in [2.05, 4.69) is 20.9 Å². The van der Waals surface area contributed by atoms with Gasteiger partial charge in [-0.15, -0.1) is 0 Å². The number of hydrogen-bond donors (Lipinski definition) is 0. The van der Waals surface area contributed by atoms with Crippen molar-refractivity contribution < 1.29 is 22.6 Å². The van der Waals surface area contributed by atoms with E-state index in [9.17, 15) is 13.7 Å². The van der Waals surface area contributed by atoms with Crippen LogP contribution in [0, 0.1) is 11.3 Å². The molecule has 5 aromatic rings. The van der Waals surface area contributed by atoms with Crippen molar-refractivity contribution in [1.29, 1.82) is 5.26 Å². The van der Waals surface area contributed by atoms with Gasteiger partial charge >= 0.3 is 0 Å². The van der Waals surface area contributed by atoms with E-state index in [-0.39, 0.29) is 16.6 Å². The van der Waals surface area contributed by atoms with Crippen molar-refractivity contribution in [2.45, 2.75) is 23.8 Å². The molecule has 0 radical (unpaired) electrons. The van der Waals surface area contributed by atoms with E-state index in [1.54, 1.807) is 54.9 Å². The monoisotopic (exact) mass is 621 g/mol. The molecule has 0 N–H and O–H groups in total. The number of fused-ring (bicyclic) bond motifs is 1. The largest absolute Gasteiger partial charge is 0.487 e. The predicted molar refractivity (Wildman–Crippen MR) is 170 cm³/mol. The smallest absolute Gasteiger partial charge is 0.269 e. The molecular formula is C34H31N5O5S. The Morgan fingerprint density at radius 3 is 2.36 bits per heavy atom. The van der Waals surface area contributed by atoms with Crippen LogP contribution >= 0.6 is 0 Å². The van der Waals surface area contributed by atoms with Crippen molar-refractivity contribution >= 4 is 26.7 Å². The zero-order valence-corrected chi connectivity index (χ0v) is 25.3. The first kappa shape index (κ1) is 29.0. The van der Waals surface area contributed by atoms with E-state index < -0.39 is 10.0 Å². The molecule has 228 valence electrons. The maximum absolute atomic E-state index is 14.2. The number of rotatable bonds is 7. The molecule has 2 aromatic carbocycles. The molecule has 0 unspecified atom stereocenters. The fraction of sp³-hybridized carbons (Fsp3) is 0.265. The molecular weight excluding hydrogens is 590 g/mol. The number of pyridine rings is 2. The Bertz CT molecular complexity index is 1980. The molecule has 2 aliphatic heterocycles. The molecule has 5 heterocycles. The predicted octanol–water partition coefficient (Wildman–Crippen LogP) is 5.27. The Labute approximate surface area is 261 Å². The van der Waals surface area contributed by atoms with E-state index in [0.29, 0.717) is 60.1 Å². The molecule has 0 spiro atoms.